The van der Waals surface area contributed by atoms with Crippen molar-refractivity contribution in [2.75, 3.05) is 13.1 Å². The van der Waals surface area contributed by atoms with Crippen molar-refractivity contribution < 1.29 is 14.4 Å². The summed E-state index contributed by atoms with van der Waals surface area (Å²) in [4.78, 5) is 38.8. The molecule has 0 radical (unpaired) electrons. The van der Waals surface area contributed by atoms with E-state index in [0.29, 0.717) is 30.0 Å². The second-order valence-corrected chi connectivity index (χ2v) is 7.55. The van der Waals surface area contributed by atoms with Crippen LogP contribution in [0.4, 0.5) is 4.79 Å². The summed E-state index contributed by atoms with van der Waals surface area (Å²) in [5.74, 6) is -0.800. The minimum Gasteiger partial charge on any atom is -0.354 e. The number of benzene rings is 2. The van der Waals surface area contributed by atoms with Crippen LogP contribution < -0.4 is 10.6 Å². The first-order valence-electron chi connectivity index (χ1n) is 9.58. The summed E-state index contributed by atoms with van der Waals surface area (Å²) in [5.41, 5.74) is 1.77. The van der Waals surface area contributed by atoms with Gasteiger partial charge in [-0.3, -0.25) is 14.5 Å². The smallest absolute Gasteiger partial charge is 0.325 e. The minimum atomic E-state index is -1.18. The molecule has 3 rings (SSSR count). The zero-order valence-electron chi connectivity index (χ0n) is 16.5. The van der Waals surface area contributed by atoms with Gasteiger partial charge in [0.2, 0.25) is 5.91 Å². The average Bonchev–Trinajstić information content (AvgIpc) is 2.95. The summed E-state index contributed by atoms with van der Waals surface area (Å²) in [6.07, 6.45) is 1.05. The highest BCUT2D eigenvalue weighted by atomic mass is 35.5. The lowest BCUT2D eigenvalue weighted by Crippen LogP contribution is -2.45. The van der Waals surface area contributed by atoms with E-state index in [-0.39, 0.29) is 12.5 Å². The number of hydrogen-bond acceptors (Lipinski definition) is 3. The molecular formula is C22H24ClN3O3. The molecule has 1 aliphatic rings. The molecule has 6 nitrogen and oxygen atoms in total. The highest BCUT2D eigenvalue weighted by Gasteiger charge is 2.51. The summed E-state index contributed by atoms with van der Waals surface area (Å²) < 4.78 is 0. The zero-order chi connectivity index (χ0) is 21.0. The molecule has 2 aromatic rings. The van der Waals surface area contributed by atoms with E-state index < -0.39 is 17.5 Å². The van der Waals surface area contributed by atoms with E-state index in [1.54, 1.807) is 24.3 Å². The number of amides is 4. The van der Waals surface area contributed by atoms with E-state index >= 15 is 0 Å². The highest BCUT2D eigenvalue weighted by molar-refractivity contribution is 6.30. The molecule has 1 heterocycles. The molecule has 152 valence electrons. The number of carbonyl (C=O) groups is 3. The van der Waals surface area contributed by atoms with Crippen LogP contribution in [0.2, 0.25) is 5.02 Å². The molecule has 7 heteroatoms. The number of halogens is 1. The number of imide groups is 1. The third-order valence-corrected chi connectivity index (χ3v) is 5.57. The molecule has 1 fully saturated rings. The molecule has 4 amide bonds. The lowest BCUT2D eigenvalue weighted by atomic mass is 9.87. The van der Waals surface area contributed by atoms with Gasteiger partial charge < -0.3 is 10.6 Å². The zero-order valence-corrected chi connectivity index (χ0v) is 17.3. The SMILES string of the molecule is CCC1(c2ccc(Cl)cc2)NC(=O)N(CC(=O)NCCc2ccccc2C)C1=O. The van der Waals surface area contributed by atoms with Gasteiger partial charge >= 0.3 is 6.03 Å². The average molecular weight is 414 g/mol. The van der Waals surface area contributed by atoms with Gasteiger partial charge in [0.15, 0.2) is 0 Å². The molecular weight excluding hydrogens is 390 g/mol. The van der Waals surface area contributed by atoms with E-state index in [1.165, 1.54) is 0 Å². The standard InChI is InChI=1S/C22H24ClN3O3/c1-3-22(17-8-10-18(23)11-9-17)20(28)26(21(29)25-22)14-19(27)24-13-12-16-7-5-4-6-15(16)2/h4-11H,3,12-14H2,1-2H3,(H,24,27)(H,25,29). The van der Waals surface area contributed by atoms with Crippen LogP contribution in [0.3, 0.4) is 0 Å². The Morgan fingerprint density at radius 1 is 1.14 bits per heavy atom. The molecule has 0 spiro atoms. The van der Waals surface area contributed by atoms with E-state index in [2.05, 4.69) is 10.6 Å². The molecule has 0 saturated carbocycles. The molecule has 2 aromatic carbocycles. The lowest BCUT2D eigenvalue weighted by molar-refractivity contribution is -0.135. The van der Waals surface area contributed by atoms with Crippen LogP contribution in [0.5, 0.6) is 0 Å². The van der Waals surface area contributed by atoms with Gasteiger partial charge in [-0.1, -0.05) is 54.9 Å². The van der Waals surface area contributed by atoms with Crippen molar-refractivity contribution in [2.45, 2.75) is 32.2 Å². The van der Waals surface area contributed by atoms with Crippen LogP contribution in [-0.4, -0.2) is 35.8 Å². The van der Waals surface area contributed by atoms with Gasteiger partial charge in [0.05, 0.1) is 0 Å². The van der Waals surface area contributed by atoms with Crippen LogP contribution in [0, 0.1) is 6.92 Å². The minimum absolute atomic E-state index is 0.312. The number of rotatable bonds is 7. The first-order valence-corrected chi connectivity index (χ1v) is 9.96. The van der Waals surface area contributed by atoms with Crippen molar-refractivity contribution in [3.05, 3.63) is 70.2 Å². The molecule has 2 N–H and O–H groups in total. The molecule has 0 aliphatic carbocycles. The van der Waals surface area contributed by atoms with E-state index in [9.17, 15) is 14.4 Å². The Morgan fingerprint density at radius 2 is 1.83 bits per heavy atom. The predicted molar refractivity (Wildman–Crippen MR) is 112 cm³/mol. The third-order valence-electron chi connectivity index (χ3n) is 5.32. The highest BCUT2D eigenvalue weighted by Crippen LogP contribution is 2.32. The predicted octanol–water partition coefficient (Wildman–Crippen LogP) is 3.16. The fraction of sp³-hybridized carbons (Fsp3) is 0.318. The van der Waals surface area contributed by atoms with Crippen molar-refractivity contribution in [1.29, 1.82) is 0 Å². The summed E-state index contributed by atoms with van der Waals surface area (Å²) in [6, 6.07) is 14.2. The Morgan fingerprint density at radius 3 is 2.48 bits per heavy atom. The Bertz CT molecular complexity index is 929. The van der Waals surface area contributed by atoms with Crippen LogP contribution in [0.15, 0.2) is 48.5 Å². The van der Waals surface area contributed by atoms with Crippen molar-refractivity contribution in [3.63, 3.8) is 0 Å². The van der Waals surface area contributed by atoms with Gasteiger partial charge in [-0.15, -0.1) is 0 Å². The van der Waals surface area contributed by atoms with Gasteiger partial charge in [0.1, 0.15) is 12.1 Å². The number of carbonyl (C=O) groups excluding carboxylic acids is 3. The van der Waals surface area contributed by atoms with Crippen LogP contribution in [-0.2, 0) is 21.5 Å². The van der Waals surface area contributed by atoms with Gasteiger partial charge in [-0.2, -0.15) is 0 Å². The quantitative estimate of drug-likeness (QED) is 0.684. The molecule has 1 saturated heterocycles. The van der Waals surface area contributed by atoms with Crippen LogP contribution >= 0.6 is 11.6 Å². The molecule has 1 aliphatic heterocycles. The Kier molecular flexibility index (Phi) is 6.23. The lowest BCUT2D eigenvalue weighted by Gasteiger charge is -2.25. The van der Waals surface area contributed by atoms with Gasteiger partial charge in [-0.25, -0.2) is 4.79 Å². The fourth-order valence-electron chi connectivity index (χ4n) is 3.57. The van der Waals surface area contributed by atoms with E-state index in [0.717, 1.165) is 16.0 Å². The van der Waals surface area contributed by atoms with Crippen molar-refractivity contribution >= 4 is 29.4 Å². The second kappa shape index (κ2) is 8.66. The summed E-state index contributed by atoms with van der Waals surface area (Å²) >= 11 is 5.94. The van der Waals surface area contributed by atoms with Gasteiger partial charge in [-0.05, 0) is 48.6 Å². The molecule has 1 unspecified atom stereocenters. The fourth-order valence-corrected chi connectivity index (χ4v) is 3.70. The maximum Gasteiger partial charge on any atom is 0.325 e. The third kappa shape index (κ3) is 4.27. The Balaban J connectivity index is 1.64. The number of nitrogens with one attached hydrogen (secondary N) is 2. The summed E-state index contributed by atoms with van der Waals surface area (Å²) in [6.45, 7) is 3.96. The molecule has 0 bridgehead atoms. The maximum absolute atomic E-state index is 13.1. The Hall–Kier alpha value is -2.86. The number of aryl methyl sites for hydroxylation is 1. The number of urea groups is 1. The summed E-state index contributed by atoms with van der Waals surface area (Å²) in [7, 11) is 0. The van der Waals surface area contributed by atoms with Crippen LogP contribution in [0.1, 0.15) is 30.0 Å². The van der Waals surface area contributed by atoms with Crippen molar-refractivity contribution in [3.8, 4) is 0 Å². The Labute approximate surface area is 175 Å². The van der Waals surface area contributed by atoms with Crippen molar-refractivity contribution in [2.24, 2.45) is 0 Å². The largest absolute Gasteiger partial charge is 0.354 e. The van der Waals surface area contributed by atoms with E-state index in [4.69, 9.17) is 11.6 Å². The first-order chi connectivity index (χ1) is 13.9. The number of hydrogen-bond donors (Lipinski definition) is 2. The summed E-state index contributed by atoms with van der Waals surface area (Å²) in [5, 5.41) is 6.09. The molecule has 1 atom stereocenters. The number of nitrogens with zero attached hydrogens (tertiary/aromatic N) is 1. The molecule has 0 aromatic heterocycles. The van der Waals surface area contributed by atoms with Gasteiger partial charge in [0, 0.05) is 11.6 Å². The first kappa shape index (κ1) is 20.9. The maximum atomic E-state index is 13.1. The second-order valence-electron chi connectivity index (χ2n) is 7.11. The monoisotopic (exact) mass is 413 g/mol. The molecule has 29 heavy (non-hydrogen) atoms. The van der Waals surface area contributed by atoms with E-state index in [1.807, 2.05) is 38.1 Å². The topological polar surface area (TPSA) is 78.5 Å². The van der Waals surface area contributed by atoms with Gasteiger partial charge in [0.25, 0.3) is 5.91 Å². The van der Waals surface area contributed by atoms with Crippen molar-refractivity contribution in [1.82, 2.24) is 15.5 Å². The van der Waals surface area contributed by atoms with Crippen LogP contribution in [0.25, 0.3) is 0 Å². The normalized spacial score (nSPS) is 18.7.